The number of ether oxygens (including phenoxy) is 1. The molecule has 112 valence electrons. The summed E-state index contributed by atoms with van der Waals surface area (Å²) in [4.78, 5) is 0. The third kappa shape index (κ3) is 2.12. The number of methoxy groups -OCH3 is 1. The van der Waals surface area contributed by atoms with Crippen LogP contribution < -0.4 is 10.5 Å². The van der Waals surface area contributed by atoms with Crippen molar-refractivity contribution in [2.24, 2.45) is 17.1 Å². The van der Waals surface area contributed by atoms with Gasteiger partial charge in [-0.25, -0.2) is 0 Å². The van der Waals surface area contributed by atoms with Crippen LogP contribution in [0.25, 0.3) is 0 Å². The minimum atomic E-state index is -1.16. The number of rotatable bonds is 3. The second-order valence-corrected chi connectivity index (χ2v) is 6.25. The molecule has 0 radical (unpaired) electrons. The molecule has 1 aromatic carbocycles. The Hall–Kier alpha value is -1.10. The Bertz CT molecular complexity index is 475. The summed E-state index contributed by atoms with van der Waals surface area (Å²) in [6, 6.07) is 7.42. The topological polar surface area (TPSA) is 75.7 Å². The van der Waals surface area contributed by atoms with Crippen LogP contribution in [0.2, 0.25) is 0 Å². The highest BCUT2D eigenvalue weighted by Crippen LogP contribution is 2.53. The minimum absolute atomic E-state index is 0.0759. The van der Waals surface area contributed by atoms with E-state index in [1.165, 1.54) is 0 Å². The Balaban J connectivity index is 2.55. The first-order chi connectivity index (χ1) is 9.37. The predicted molar refractivity (Wildman–Crippen MR) is 78.5 cm³/mol. The van der Waals surface area contributed by atoms with Crippen molar-refractivity contribution < 1.29 is 14.9 Å². The van der Waals surface area contributed by atoms with Crippen molar-refractivity contribution in [2.75, 3.05) is 13.7 Å². The first kappa shape index (κ1) is 15.3. The molecule has 4 heteroatoms. The number of nitrogens with two attached hydrogens (primary N) is 1. The van der Waals surface area contributed by atoms with Gasteiger partial charge in [0.25, 0.3) is 0 Å². The van der Waals surface area contributed by atoms with Crippen molar-refractivity contribution in [1.29, 1.82) is 0 Å². The van der Waals surface area contributed by atoms with Gasteiger partial charge in [-0.1, -0.05) is 26.0 Å². The second kappa shape index (κ2) is 5.35. The van der Waals surface area contributed by atoms with Gasteiger partial charge < -0.3 is 20.7 Å². The lowest BCUT2D eigenvalue weighted by Gasteiger charge is -2.54. The van der Waals surface area contributed by atoms with Crippen LogP contribution in [-0.2, 0) is 5.60 Å². The standard InChI is InChI=1S/C16H25NO3/c1-15(2)14(18)8-7-12(10-17)16(15,19)11-5-4-6-13(9-11)20-3/h4-6,9,12,14,18-19H,7-8,10,17H2,1-3H3/t12-,14+,16-/m1/s1. The van der Waals surface area contributed by atoms with E-state index in [9.17, 15) is 10.2 Å². The number of aliphatic hydroxyl groups excluding tert-OH is 1. The largest absolute Gasteiger partial charge is 0.497 e. The molecule has 0 aromatic heterocycles. The molecule has 1 saturated carbocycles. The van der Waals surface area contributed by atoms with Crippen LogP contribution in [0.1, 0.15) is 32.3 Å². The summed E-state index contributed by atoms with van der Waals surface area (Å²) in [7, 11) is 1.60. The lowest BCUT2D eigenvalue weighted by molar-refractivity contribution is -0.192. The van der Waals surface area contributed by atoms with Crippen molar-refractivity contribution in [3.05, 3.63) is 29.8 Å². The highest BCUT2D eigenvalue weighted by Gasteiger charge is 2.56. The molecule has 3 atom stereocenters. The van der Waals surface area contributed by atoms with Crippen LogP contribution in [0.5, 0.6) is 5.75 Å². The Morgan fingerprint density at radius 1 is 1.35 bits per heavy atom. The van der Waals surface area contributed by atoms with Crippen LogP contribution in [0.15, 0.2) is 24.3 Å². The minimum Gasteiger partial charge on any atom is -0.497 e. The number of benzene rings is 1. The van der Waals surface area contributed by atoms with Gasteiger partial charge in [-0.2, -0.15) is 0 Å². The van der Waals surface area contributed by atoms with Crippen molar-refractivity contribution >= 4 is 0 Å². The molecule has 0 bridgehead atoms. The van der Waals surface area contributed by atoms with Gasteiger partial charge in [0.1, 0.15) is 11.4 Å². The van der Waals surface area contributed by atoms with Gasteiger partial charge in [0.15, 0.2) is 0 Å². The zero-order valence-electron chi connectivity index (χ0n) is 12.5. The molecule has 0 unspecified atom stereocenters. The number of hydrogen-bond acceptors (Lipinski definition) is 4. The van der Waals surface area contributed by atoms with E-state index in [-0.39, 0.29) is 5.92 Å². The van der Waals surface area contributed by atoms with Gasteiger partial charge in [-0.3, -0.25) is 0 Å². The average molecular weight is 279 g/mol. The SMILES string of the molecule is COc1cccc([C@@]2(O)[C@@H](CN)CC[C@H](O)C2(C)C)c1. The van der Waals surface area contributed by atoms with E-state index in [1.54, 1.807) is 7.11 Å². The van der Waals surface area contributed by atoms with Gasteiger partial charge >= 0.3 is 0 Å². The summed E-state index contributed by atoms with van der Waals surface area (Å²) in [5.41, 5.74) is 4.82. The summed E-state index contributed by atoms with van der Waals surface area (Å²) >= 11 is 0. The molecule has 1 fully saturated rings. The molecular formula is C16H25NO3. The molecule has 0 amide bonds. The normalized spacial score (nSPS) is 32.9. The highest BCUT2D eigenvalue weighted by atomic mass is 16.5. The van der Waals surface area contributed by atoms with E-state index in [1.807, 2.05) is 38.1 Å². The summed E-state index contributed by atoms with van der Waals surface area (Å²) in [5, 5.41) is 21.8. The lowest BCUT2D eigenvalue weighted by Crippen LogP contribution is -2.58. The summed E-state index contributed by atoms with van der Waals surface area (Å²) < 4.78 is 5.25. The molecule has 2 rings (SSSR count). The van der Waals surface area contributed by atoms with E-state index >= 15 is 0 Å². The molecular weight excluding hydrogens is 254 g/mol. The fourth-order valence-corrected chi connectivity index (χ4v) is 3.47. The maximum Gasteiger partial charge on any atom is 0.119 e. The summed E-state index contributed by atoms with van der Waals surface area (Å²) in [6.45, 7) is 4.20. The maximum absolute atomic E-state index is 11.4. The quantitative estimate of drug-likeness (QED) is 0.786. The molecule has 0 spiro atoms. The predicted octanol–water partition coefficient (Wildman–Crippen LogP) is 1.64. The molecule has 0 heterocycles. The summed E-state index contributed by atoms with van der Waals surface area (Å²) in [5.74, 6) is 0.621. The van der Waals surface area contributed by atoms with Crippen molar-refractivity contribution in [2.45, 2.75) is 38.4 Å². The smallest absolute Gasteiger partial charge is 0.119 e. The van der Waals surface area contributed by atoms with Crippen molar-refractivity contribution in [3.63, 3.8) is 0 Å². The van der Waals surface area contributed by atoms with Crippen LogP contribution >= 0.6 is 0 Å². The Labute approximate surface area is 120 Å². The van der Waals surface area contributed by atoms with Crippen LogP contribution in [-0.4, -0.2) is 30.0 Å². The zero-order chi connectivity index (χ0) is 15.0. The third-order valence-corrected chi connectivity index (χ3v) is 4.99. The molecule has 1 aliphatic rings. The molecule has 1 aromatic rings. The van der Waals surface area contributed by atoms with Gasteiger partial charge in [-0.15, -0.1) is 0 Å². The maximum atomic E-state index is 11.4. The highest BCUT2D eigenvalue weighted by molar-refractivity contribution is 5.35. The Kier molecular flexibility index (Phi) is 4.09. The average Bonchev–Trinajstić information content (AvgIpc) is 2.45. The van der Waals surface area contributed by atoms with Gasteiger partial charge in [-0.05, 0) is 37.1 Å². The first-order valence-corrected chi connectivity index (χ1v) is 7.13. The van der Waals surface area contributed by atoms with Crippen molar-refractivity contribution in [1.82, 2.24) is 0 Å². The second-order valence-electron chi connectivity index (χ2n) is 6.25. The van der Waals surface area contributed by atoms with Crippen LogP contribution in [0, 0.1) is 11.3 Å². The molecule has 20 heavy (non-hydrogen) atoms. The van der Waals surface area contributed by atoms with Gasteiger partial charge in [0.2, 0.25) is 0 Å². The first-order valence-electron chi connectivity index (χ1n) is 7.13. The molecule has 0 saturated heterocycles. The van der Waals surface area contributed by atoms with Crippen molar-refractivity contribution in [3.8, 4) is 5.75 Å². The monoisotopic (exact) mass is 279 g/mol. The number of aliphatic hydroxyl groups is 2. The molecule has 1 aliphatic carbocycles. The fourth-order valence-electron chi connectivity index (χ4n) is 3.47. The van der Waals surface area contributed by atoms with Gasteiger partial charge in [0, 0.05) is 11.3 Å². The zero-order valence-corrected chi connectivity index (χ0v) is 12.5. The molecule has 0 aliphatic heterocycles. The summed E-state index contributed by atoms with van der Waals surface area (Å²) in [6.07, 6.45) is 0.831. The fraction of sp³-hybridized carbons (Fsp3) is 0.625. The van der Waals surface area contributed by atoms with Crippen LogP contribution in [0.3, 0.4) is 0 Å². The lowest BCUT2D eigenvalue weighted by atomic mass is 9.56. The van der Waals surface area contributed by atoms with E-state index in [2.05, 4.69) is 0 Å². The van der Waals surface area contributed by atoms with Gasteiger partial charge in [0.05, 0.1) is 13.2 Å². The van der Waals surface area contributed by atoms with E-state index < -0.39 is 17.1 Å². The van der Waals surface area contributed by atoms with E-state index in [0.717, 1.165) is 12.0 Å². The van der Waals surface area contributed by atoms with Crippen LogP contribution in [0.4, 0.5) is 0 Å². The van der Waals surface area contributed by atoms with E-state index in [4.69, 9.17) is 10.5 Å². The Morgan fingerprint density at radius 3 is 2.65 bits per heavy atom. The van der Waals surface area contributed by atoms with E-state index in [0.29, 0.717) is 18.7 Å². The third-order valence-electron chi connectivity index (χ3n) is 4.99. The Morgan fingerprint density at radius 2 is 2.05 bits per heavy atom. The number of hydrogen-bond donors (Lipinski definition) is 3. The molecule has 4 N–H and O–H groups in total. The molecule has 4 nitrogen and oxygen atoms in total.